The standard InChI is InChI=1S/C7H8O3/c8-5-2-1-4-3-6(5)10-7(4)9/h1-2,4-6,8H,3H2/t4?,5-,6?/m1/s1. The van der Waals surface area contributed by atoms with Gasteiger partial charge in [-0.3, -0.25) is 4.79 Å². The van der Waals surface area contributed by atoms with Crippen LogP contribution in [-0.2, 0) is 9.53 Å². The summed E-state index contributed by atoms with van der Waals surface area (Å²) in [7, 11) is 0. The highest BCUT2D eigenvalue weighted by Crippen LogP contribution is 2.29. The van der Waals surface area contributed by atoms with Gasteiger partial charge >= 0.3 is 5.97 Å². The molecule has 2 bridgehead atoms. The second kappa shape index (κ2) is 1.83. The van der Waals surface area contributed by atoms with Crippen LogP contribution in [0.4, 0.5) is 0 Å². The zero-order valence-corrected chi connectivity index (χ0v) is 5.36. The zero-order valence-electron chi connectivity index (χ0n) is 5.36. The van der Waals surface area contributed by atoms with Crippen LogP contribution in [0.2, 0.25) is 0 Å². The van der Waals surface area contributed by atoms with E-state index in [0.717, 1.165) is 0 Å². The fourth-order valence-corrected chi connectivity index (χ4v) is 1.37. The Morgan fingerprint density at radius 1 is 1.60 bits per heavy atom. The van der Waals surface area contributed by atoms with Crippen LogP contribution in [0.1, 0.15) is 6.42 Å². The summed E-state index contributed by atoms with van der Waals surface area (Å²) >= 11 is 0. The van der Waals surface area contributed by atoms with E-state index in [1.165, 1.54) is 0 Å². The molecule has 2 rings (SSSR count). The lowest BCUT2D eigenvalue weighted by molar-refractivity contribution is -0.145. The van der Waals surface area contributed by atoms with Gasteiger partial charge in [0, 0.05) is 6.42 Å². The summed E-state index contributed by atoms with van der Waals surface area (Å²) in [6.07, 6.45) is 3.14. The summed E-state index contributed by atoms with van der Waals surface area (Å²) in [5, 5.41) is 9.15. The molecule has 10 heavy (non-hydrogen) atoms. The second-order valence-corrected chi connectivity index (χ2v) is 2.69. The van der Waals surface area contributed by atoms with Crippen LogP contribution in [0.15, 0.2) is 12.2 Å². The van der Waals surface area contributed by atoms with Gasteiger partial charge in [0.25, 0.3) is 0 Å². The molecule has 0 radical (unpaired) electrons. The number of carbonyl (C=O) groups excluding carboxylic acids is 1. The smallest absolute Gasteiger partial charge is 0.313 e. The quantitative estimate of drug-likeness (QED) is 0.376. The van der Waals surface area contributed by atoms with E-state index in [1.807, 2.05) is 0 Å². The minimum Gasteiger partial charge on any atom is -0.459 e. The van der Waals surface area contributed by atoms with Gasteiger partial charge < -0.3 is 9.84 Å². The van der Waals surface area contributed by atoms with E-state index in [1.54, 1.807) is 12.2 Å². The first-order chi connectivity index (χ1) is 4.77. The van der Waals surface area contributed by atoms with Crippen molar-refractivity contribution in [2.45, 2.75) is 18.6 Å². The Hall–Kier alpha value is -0.830. The number of ether oxygens (including phenoxy) is 1. The van der Waals surface area contributed by atoms with Crippen molar-refractivity contribution in [3.05, 3.63) is 12.2 Å². The van der Waals surface area contributed by atoms with Crippen LogP contribution >= 0.6 is 0 Å². The molecule has 0 saturated carbocycles. The Labute approximate surface area is 58.3 Å². The molecule has 2 unspecified atom stereocenters. The fraction of sp³-hybridized carbons (Fsp3) is 0.571. The van der Waals surface area contributed by atoms with Gasteiger partial charge in [0.1, 0.15) is 12.2 Å². The number of aliphatic hydroxyl groups excluding tert-OH is 1. The van der Waals surface area contributed by atoms with E-state index in [0.29, 0.717) is 6.42 Å². The maximum absolute atomic E-state index is 10.8. The van der Waals surface area contributed by atoms with E-state index < -0.39 is 6.10 Å². The summed E-state index contributed by atoms with van der Waals surface area (Å²) in [5.41, 5.74) is 0. The number of rotatable bonds is 0. The van der Waals surface area contributed by atoms with Crippen molar-refractivity contribution >= 4 is 5.97 Å². The summed E-state index contributed by atoms with van der Waals surface area (Å²) in [4.78, 5) is 10.8. The maximum atomic E-state index is 10.8. The molecule has 0 aromatic carbocycles. The predicted molar refractivity (Wildman–Crippen MR) is 33.1 cm³/mol. The van der Waals surface area contributed by atoms with E-state index in [4.69, 9.17) is 9.84 Å². The van der Waals surface area contributed by atoms with Crippen LogP contribution in [0, 0.1) is 5.92 Å². The van der Waals surface area contributed by atoms with Crippen molar-refractivity contribution in [1.82, 2.24) is 0 Å². The highest BCUT2D eigenvalue weighted by molar-refractivity contribution is 5.77. The normalized spacial score (nSPS) is 43.7. The SMILES string of the molecule is O=C1OC2CC1C=C[C@H]2O. The van der Waals surface area contributed by atoms with Crippen LogP contribution in [0.3, 0.4) is 0 Å². The van der Waals surface area contributed by atoms with Crippen molar-refractivity contribution in [2.75, 3.05) is 0 Å². The molecule has 3 nitrogen and oxygen atoms in total. The molecule has 1 aliphatic heterocycles. The van der Waals surface area contributed by atoms with Crippen LogP contribution in [-0.4, -0.2) is 23.3 Å². The third kappa shape index (κ3) is 0.671. The van der Waals surface area contributed by atoms with Gasteiger partial charge in [0.05, 0.1) is 5.92 Å². The fourth-order valence-electron chi connectivity index (χ4n) is 1.37. The second-order valence-electron chi connectivity index (χ2n) is 2.69. The Kier molecular flexibility index (Phi) is 1.08. The first-order valence-corrected chi connectivity index (χ1v) is 3.34. The summed E-state index contributed by atoms with van der Waals surface area (Å²) in [6.45, 7) is 0. The molecule has 1 heterocycles. The third-order valence-corrected chi connectivity index (χ3v) is 1.98. The Morgan fingerprint density at radius 3 is 3.10 bits per heavy atom. The molecule has 0 amide bonds. The lowest BCUT2D eigenvalue weighted by Crippen LogP contribution is -2.24. The highest BCUT2D eigenvalue weighted by Gasteiger charge is 2.39. The highest BCUT2D eigenvalue weighted by atomic mass is 16.6. The molecule has 1 aliphatic carbocycles. The Balaban J connectivity index is 2.27. The number of hydrogen-bond donors (Lipinski definition) is 1. The van der Waals surface area contributed by atoms with Crippen LogP contribution < -0.4 is 0 Å². The van der Waals surface area contributed by atoms with Crippen molar-refractivity contribution in [2.24, 2.45) is 5.92 Å². The minimum absolute atomic E-state index is 0.0894. The Morgan fingerprint density at radius 2 is 2.40 bits per heavy atom. The zero-order chi connectivity index (χ0) is 7.14. The molecule has 1 saturated heterocycles. The summed E-state index contributed by atoms with van der Waals surface area (Å²) < 4.78 is 4.85. The van der Waals surface area contributed by atoms with E-state index >= 15 is 0 Å². The van der Waals surface area contributed by atoms with Crippen LogP contribution in [0.25, 0.3) is 0 Å². The van der Waals surface area contributed by atoms with Gasteiger partial charge in [-0.15, -0.1) is 0 Å². The van der Waals surface area contributed by atoms with Crippen LogP contribution in [0.5, 0.6) is 0 Å². The van der Waals surface area contributed by atoms with Gasteiger partial charge in [0.15, 0.2) is 0 Å². The molecular formula is C7H8O3. The number of carbonyl (C=O) groups is 1. The Bertz CT molecular complexity index is 197. The lowest BCUT2D eigenvalue weighted by atomic mass is 9.95. The molecule has 54 valence electrons. The number of esters is 1. The minimum atomic E-state index is -0.581. The molecule has 1 fully saturated rings. The van der Waals surface area contributed by atoms with Gasteiger partial charge in [0.2, 0.25) is 0 Å². The molecule has 0 aromatic heterocycles. The maximum Gasteiger partial charge on any atom is 0.313 e. The topological polar surface area (TPSA) is 46.5 Å². The molecule has 0 spiro atoms. The van der Waals surface area contributed by atoms with Gasteiger partial charge in [-0.1, -0.05) is 12.2 Å². The summed E-state index contributed by atoms with van der Waals surface area (Å²) in [6, 6.07) is 0. The monoisotopic (exact) mass is 140 g/mol. The number of aliphatic hydroxyl groups is 1. The molecule has 1 N–H and O–H groups in total. The first kappa shape index (κ1) is 5.92. The van der Waals surface area contributed by atoms with Gasteiger partial charge in [-0.2, -0.15) is 0 Å². The predicted octanol–water partition coefficient (Wildman–Crippen LogP) is -0.151. The average Bonchev–Trinajstić information content (AvgIpc) is 2.21. The van der Waals surface area contributed by atoms with Crippen molar-refractivity contribution in [3.63, 3.8) is 0 Å². The molecule has 2 aliphatic rings. The molecule has 3 heteroatoms. The van der Waals surface area contributed by atoms with E-state index in [-0.39, 0.29) is 18.0 Å². The number of hydrogen-bond acceptors (Lipinski definition) is 3. The first-order valence-electron chi connectivity index (χ1n) is 3.34. The molecular weight excluding hydrogens is 132 g/mol. The number of fused-ring (bicyclic) bond motifs is 2. The van der Waals surface area contributed by atoms with Crippen molar-refractivity contribution in [1.29, 1.82) is 0 Å². The van der Waals surface area contributed by atoms with Crippen molar-refractivity contribution in [3.8, 4) is 0 Å². The third-order valence-electron chi connectivity index (χ3n) is 1.98. The largest absolute Gasteiger partial charge is 0.459 e. The van der Waals surface area contributed by atoms with E-state index in [9.17, 15) is 4.79 Å². The van der Waals surface area contributed by atoms with Gasteiger partial charge in [-0.05, 0) is 0 Å². The average molecular weight is 140 g/mol. The van der Waals surface area contributed by atoms with E-state index in [2.05, 4.69) is 0 Å². The summed E-state index contributed by atoms with van der Waals surface area (Å²) in [5.74, 6) is -0.286. The van der Waals surface area contributed by atoms with Gasteiger partial charge in [-0.25, -0.2) is 0 Å². The van der Waals surface area contributed by atoms with Crippen molar-refractivity contribution < 1.29 is 14.6 Å². The molecule has 0 aromatic rings. The lowest BCUT2D eigenvalue weighted by Gasteiger charge is -2.14. The molecule has 3 atom stereocenters.